The normalized spacial score (nSPS) is 12.8. The van der Waals surface area contributed by atoms with Gasteiger partial charge in [-0.25, -0.2) is 4.79 Å². The van der Waals surface area contributed by atoms with Gasteiger partial charge in [0.15, 0.2) is 0 Å². The second-order valence-electron chi connectivity index (χ2n) is 4.14. The topological polar surface area (TPSA) is 30.2 Å². The second kappa shape index (κ2) is 5.37. The van der Waals surface area contributed by atoms with Crippen LogP contribution in [0.4, 0.5) is 0 Å². The minimum absolute atomic E-state index is 0.254. The maximum Gasteiger partial charge on any atom is 0.340 e. The number of hydrogen-bond donors (Lipinski definition) is 0. The first-order valence-corrected chi connectivity index (χ1v) is 6.33. The summed E-state index contributed by atoms with van der Waals surface area (Å²) in [5.41, 5.74) is 0.860. The average molecular weight is 251 g/mol. The lowest BCUT2D eigenvalue weighted by molar-refractivity contribution is 0.543. The van der Waals surface area contributed by atoms with Crippen molar-refractivity contribution in [1.29, 1.82) is 0 Å². The summed E-state index contributed by atoms with van der Waals surface area (Å²) in [5.74, 6) is 0. The minimum Gasteiger partial charge on any atom is -0.422 e. The molecule has 0 saturated carbocycles. The van der Waals surface area contributed by atoms with E-state index in [0.29, 0.717) is 11.1 Å². The van der Waals surface area contributed by atoms with Crippen LogP contribution in [0.15, 0.2) is 39.5 Å². The molecule has 90 valence electrons. The Morgan fingerprint density at radius 3 is 2.88 bits per heavy atom. The molecule has 1 heterocycles. The summed E-state index contributed by atoms with van der Waals surface area (Å²) in [4.78, 5) is 11.8. The van der Waals surface area contributed by atoms with Gasteiger partial charge in [-0.3, -0.25) is 0 Å². The minimum atomic E-state index is -0.320. The van der Waals surface area contributed by atoms with Crippen molar-refractivity contribution >= 4 is 22.6 Å². The van der Waals surface area contributed by atoms with Crippen LogP contribution >= 0.6 is 11.6 Å². The molecule has 2 nitrogen and oxygen atoms in total. The van der Waals surface area contributed by atoms with Crippen LogP contribution in [0.2, 0.25) is 0 Å². The number of benzene rings is 1. The standard InChI is InChI=1S/C14H15ClO2/c1-2-3-7-12(15)11-9-10-6-4-5-8-13(10)17-14(11)16/h4-6,8-9,12H,2-3,7H2,1H3. The van der Waals surface area contributed by atoms with Gasteiger partial charge in [-0.2, -0.15) is 0 Å². The van der Waals surface area contributed by atoms with E-state index in [2.05, 4.69) is 6.92 Å². The van der Waals surface area contributed by atoms with Gasteiger partial charge in [-0.05, 0) is 18.6 Å². The fraction of sp³-hybridized carbons (Fsp3) is 0.357. The number of rotatable bonds is 4. The van der Waals surface area contributed by atoms with Gasteiger partial charge >= 0.3 is 5.63 Å². The molecule has 2 rings (SSSR count). The molecule has 1 unspecified atom stereocenters. The van der Waals surface area contributed by atoms with E-state index < -0.39 is 0 Å². The van der Waals surface area contributed by atoms with E-state index in [1.165, 1.54) is 0 Å². The van der Waals surface area contributed by atoms with Crippen molar-refractivity contribution in [2.24, 2.45) is 0 Å². The van der Waals surface area contributed by atoms with Crippen molar-refractivity contribution in [1.82, 2.24) is 0 Å². The molecule has 1 atom stereocenters. The van der Waals surface area contributed by atoms with Gasteiger partial charge in [0.05, 0.1) is 10.9 Å². The summed E-state index contributed by atoms with van der Waals surface area (Å²) in [7, 11) is 0. The van der Waals surface area contributed by atoms with E-state index in [4.69, 9.17) is 16.0 Å². The summed E-state index contributed by atoms with van der Waals surface area (Å²) in [6.45, 7) is 2.10. The predicted molar refractivity (Wildman–Crippen MR) is 70.6 cm³/mol. The van der Waals surface area contributed by atoms with Crippen LogP contribution in [0.5, 0.6) is 0 Å². The Hall–Kier alpha value is -1.28. The Bertz CT molecular complexity index is 559. The highest BCUT2D eigenvalue weighted by Crippen LogP contribution is 2.26. The van der Waals surface area contributed by atoms with Gasteiger partial charge in [0, 0.05) is 5.39 Å². The Kier molecular flexibility index (Phi) is 3.85. The first kappa shape index (κ1) is 12.2. The van der Waals surface area contributed by atoms with Gasteiger partial charge in [0.25, 0.3) is 0 Å². The maximum absolute atomic E-state index is 11.8. The molecule has 0 bridgehead atoms. The molecular weight excluding hydrogens is 236 g/mol. The summed E-state index contributed by atoms with van der Waals surface area (Å²) < 4.78 is 5.25. The van der Waals surface area contributed by atoms with Crippen molar-refractivity contribution in [3.63, 3.8) is 0 Å². The number of unbranched alkanes of at least 4 members (excludes halogenated alkanes) is 1. The largest absolute Gasteiger partial charge is 0.422 e. The fourth-order valence-corrected chi connectivity index (χ4v) is 2.14. The zero-order valence-corrected chi connectivity index (χ0v) is 10.5. The molecule has 0 N–H and O–H groups in total. The first-order chi connectivity index (χ1) is 8.22. The van der Waals surface area contributed by atoms with Crippen LogP contribution in [0, 0.1) is 0 Å². The highest BCUT2D eigenvalue weighted by atomic mass is 35.5. The summed E-state index contributed by atoms with van der Waals surface area (Å²) >= 11 is 6.23. The molecule has 1 aromatic heterocycles. The van der Waals surface area contributed by atoms with Gasteiger partial charge in [-0.15, -0.1) is 11.6 Å². The molecule has 1 aromatic carbocycles. The summed E-state index contributed by atoms with van der Waals surface area (Å²) in [5, 5.41) is 0.667. The van der Waals surface area contributed by atoms with Crippen LogP contribution in [-0.4, -0.2) is 0 Å². The number of alkyl halides is 1. The lowest BCUT2D eigenvalue weighted by atomic mass is 10.1. The van der Waals surface area contributed by atoms with Crippen molar-refractivity contribution in [3.8, 4) is 0 Å². The second-order valence-corrected chi connectivity index (χ2v) is 4.66. The summed E-state index contributed by atoms with van der Waals surface area (Å²) in [6, 6.07) is 9.32. The van der Waals surface area contributed by atoms with Gasteiger partial charge < -0.3 is 4.42 Å². The van der Waals surface area contributed by atoms with Crippen molar-refractivity contribution in [2.75, 3.05) is 0 Å². The fourth-order valence-electron chi connectivity index (χ4n) is 1.84. The van der Waals surface area contributed by atoms with Crippen LogP contribution < -0.4 is 5.63 Å². The molecule has 0 radical (unpaired) electrons. The average Bonchev–Trinajstić information content (AvgIpc) is 2.35. The van der Waals surface area contributed by atoms with E-state index in [1.807, 2.05) is 24.3 Å². The molecule has 0 aliphatic carbocycles. The molecule has 0 spiro atoms. The van der Waals surface area contributed by atoms with E-state index >= 15 is 0 Å². The van der Waals surface area contributed by atoms with Crippen LogP contribution in [0.1, 0.15) is 37.1 Å². The van der Waals surface area contributed by atoms with Gasteiger partial charge in [0.1, 0.15) is 5.58 Å². The first-order valence-electron chi connectivity index (χ1n) is 5.89. The number of halogens is 1. The molecule has 3 heteroatoms. The van der Waals surface area contributed by atoms with Crippen LogP contribution in [0.3, 0.4) is 0 Å². The number of fused-ring (bicyclic) bond motifs is 1. The maximum atomic E-state index is 11.8. The third-order valence-electron chi connectivity index (χ3n) is 2.82. The van der Waals surface area contributed by atoms with Crippen molar-refractivity contribution in [3.05, 3.63) is 46.3 Å². The van der Waals surface area contributed by atoms with Crippen molar-refractivity contribution < 1.29 is 4.42 Å². The molecule has 0 aliphatic heterocycles. The zero-order valence-electron chi connectivity index (χ0n) is 9.78. The number of hydrogen-bond acceptors (Lipinski definition) is 2. The molecule has 0 fully saturated rings. The SMILES string of the molecule is CCCCC(Cl)c1cc2ccccc2oc1=O. The highest BCUT2D eigenvalue weighted by Gasteiger charge is 2.13. The Morgan fingerprint density at radius 1 is 1.35 bits per heavy atom. The van der Waals surface area contributed by atoms with Crippen LogP contribution in [0.25, 0.3) is 11.0 Å². The lowest BCUT2D eigenvalue weighted by Crippen LogP contribution is -2.09. The van der Waals surface area contributed by atoms with Gasteiger partial charge in [0.2, 0.25) is 0 Å². The molecular formula is C14H15ClO2. The summed E-state index contributed by atoms with van der Waals surface area (Å²) in [6.07, 6.45) is 2.89. The Balaban J connectivity index is 2.40. The van der Waals surface area contributed by atoms with E-state index in [-0.39, 0.29) is 11.0 Å². The third kappa shape index (κ3) is 2.70. The lowest BCUT2D eigenvalue weighted by Gasteiger charge is -2.08. The zero-order chi connectivity index (χ0) is 12.3. The monoisotopic (exact) mass is 250 g/mol. The molecule has 2 aromatic rings. The quantitative estimate of drug-likeness (QED) is 0.599. The van der Waals surface area contributed by atoms with Gasteiger partial charge in [-0.1, -0.05) is 38.0 Å². The molecule has 17 heavy (non-hydrogen) atoms. The third-order valence-corrected chi connectivity index (χ3v) is 3.27. The van der Waals surface area contributed by atoms with E-state index in [9.17, 15) is 4.79 Å². The number of para-hydroxylation sites is 1. The van der Waals surface area contributed by atoms with Crippen molar-refractivity contribution in [2.45, 2.75) is 31.6 Å². The Morgan fingerprint density at radius 2 is 2.12 bits per heavy atom. The van der Waals surface area contributed by atoms with E-state index in [1.54, 1.807) is 6.07 Å². The van der Waals surface area contributed by atoms with E-state index in [0.717, 1.165) is 24.6 Å². The molecule has 0 amide bonds. The molecule has 0 saturated heterocycles. The predicted octanol–water partition coefficient (Wildman–Crippen LogP) is 4.26. The highest BCUT2D eigenvalue weighted by molar-refractivity contribution is 6.20. The van der Waals surface area contributed by atoms with Crippen LogP contribution in [-0.2, 0) is 0 Å². The molecule has 0 aliphatic rings. The smallest absolute Gasteiger partial charge is 0.340 e. The Labute approximate surface area is 105 Å².